The number of hydrogen-bond donors (Lipinski definition) is 1. The van der Waals surface area contributed by atoms with Crippen LogP contribution in [-0.4, -0.2) is 15.7 Å². The number of anilines is 1. The molecule has 2 rings (SSSR count). The maximum absolute atomic E-state index is 13.8. The van der Waals surface area contributed by atoms with E-state index in [-0.39, 0.29) is 11.6 Å². The number of carbonyl (C=O) groups is 1. The summed E-state index contributed by atoms with van der Waals surface area (Å²) < 4.78 is 93.1. The Morgan fingerprint density at radius 3 is 2.12 bits per heavy atom. The highest BCUT2D eigenvalue weighted by molar-refractivity contribution is 6.34. The summed E-state index contributed by atoms with van der Waals surface area (Å²) in [7, 11) is 0. The normalized spacial score (nSPS) is 11.7. The first-order chi connectivity index (χ1) is 11.5. The molecule has 0 unspecified atom stereocenters. The number of nitrogens with zero attached hydrogens (tertiary/aromatic N) is 2. The molecule has 0 atom stereocenters. The standard InChI is InChI=1S/C13H7ClF7N3O/c1-2-24-11(4(14)3-22-24)12(25)23-10-8(17)6(15)5(13(19,20)21)7(16)9(10)18/h3H,2H2,1H3,(H,23,25). The Kier molecular flexibility index (Phi) is 4.98. The van der Waals surface area contributed by atoms with Crippen LogP contribution in [0, 0.1) is 23.3 Å². The molecule has 2 aromatic rings. The third kappa shape index (κ3) is 3.28. The van der Waals surface area contributed by atoms with E-state index in [1.54, 1.807) is 6.92 Å². The molecule has 0 aliphatic rings. The SMILES string of the molecule is CCn1ncc(Cl)c1C(=O)Nc1c(F)c(F)c(C(F)(F)F)c(F)c1F. The zero-order valence-corrected chi connectivity index (χ0v) is 12.9. The van der Waals surface area contributed by atoms with Crippen molar-refractivity contribution in [1.82, 2.24) is 9.78 Å². The lowest BCUT2D eigenvalue weighted by molar-refractivity contribution is -0.143. The molecule has 1 aromatic heterocycles. The molecule has 1 heterocycles. The van der Waals surface area contributed by atoms with Crippen molar-refractivity contribution in [1.29, 1.82) is 0 Å². The van der Waals surface area contributed by atoms with Gasteiger partial charge in [-0.3, -0.25) is 9.48 Å². The minimum Gasteiger partial charge on any atom is -0.315 e. The third-order valence-corrected chi connectivity index (χ3v) is 3.37. The first-order valence-corrected chi connectivity index (χ1v) is 6.84. The summed E-state index contributed by atoms with van der Waals surface area (Å²) >= 11 is 5.68. The molecule has 25 heavy (non-hydrogen) atoms. The van der Waals surface area contributed by atoms with Crippen LogP contribution in [0.5, 0.6) is 0 Å². The maximum atomic E-state index is 13.8. The van der Waals surface area contributed by atoms with Crippen molar-refractivity contribution in [2.45, 2.75) is 19.6 Å². The highest BCUT2D eigenvalue weighted by atomic mass is 35.5. The predicted octanol–water partition coefficient (Wildman–Crippen LogP) is 4.38. The van der Waals surface area contributed by atoms with Gasteiger partial charge in [0.2, 0.25) is 0 Å². The van der Waals surface area contributed by atoms with Crippen LogP contribution < -0.4 is 5.32 Å². The van der Waals surface area contributed by atoms with Gasteiger partial charge in [0.1, 0.15) is 16.9 Å². The van der Waals surface area contributed by atoms with E-state index in [9.17, 15) is 35.5 Å². The van der Waals surface area contributed by atoms with E-state index in [4.69, 9.17) is 11.6 Å². The van der Waals surface area contributed by atoms with Gasteiger partial charge in [-0.2, -0.15) is 18.3 Å². The molecule has 0 saturated carbocycles. The van der Waals surface area contributed by atoms with Crippen LogP contribution in [0.2, 0.25) is 5.02 Å². The smallest absolute Gasteiger partial charge is 0.315 e. The van der Waals surface area contributed by atoms with Gasteiger partial charge in [-0.05, 0) is 6.92 Å². The quantitative estimate of drug-likeness (QED) is 0.625. The molecule has 0 saturated heterocycles. The minimum atomic E-state index is -5.68. The van der Waals surface area contributed by atoms with Gasteiger partial charge < -0.3 is 5.32 Å². The predicted molar refractivity (Wildman–Crippen MR) is 72.1 cm³/mol. The summed E-state index contributed by atoms with van der Waals surface area (Å²) in [5.41, 5.74) is -4.85. The molecule has 4 nitrogen and oxygen atoms in total. The molecular formula is C13H7ClF7N3O. The first kappa shape index (κ1) is 19.0. The van der Waals surface area contributed by atoms with Crippen LogP contribution in [0.3, 0.4) is 0 Å². The lowest BCUT2D eigenvalue weighted by atomic mass is 10.1. The van der Waals surface area contributed by atoms with Crippen LogP contribution in [0.15, 0.2) is 6.20 Å². The second kappa shape index (κ2) is 6.54. The van der Waals surface area contributed by atoms with E-state index < -0.39 is 52.3 Å². The van der Waals surface area contributed by atoms with Crippen LogP contribution in [-0.2, 0) is 12.7 Å². The molecule has 0 aliphatic heterocycles. The van der Waals surface area contributed by atoms with Crippen molar-refractivity contribution in [3.8, 4) is 0 Å². The number of carbonyl (C=O) groups excluding carboxylic acids is 1. The second-order valence-electron chi connectivity index (χ2n) is 4.61. The molecule has 0 spiro atoms. The maximum Gasteiger partial charge on any atom is 0.422 e. The van der Waals surface area contributed by atoms with Crippen molar-refractivity contribution in [3.63, 3.8) is 0 Å². The Hall–Kier alpha value is -2.30. The van der Waals surface area contributed by atoms with Crippen LogP contribution in [0.4, 0.5) is 36.4 Å². The number of nitrogens with one attached hydrogen (secondary N) is 1. The summed E-state index contributed by atoms with van der Waals surface area (Å²) in [6.07, 6.45) is -4.65. The van der Waals surface area contributed by atoms with E-state index >= 15 is 0 Å². The summed E-state index contributed by atoms with van der Waals surface area (Å²) in [6.45, 7) is 1.65. The number of amides is 1. The van der Waals surface area contributed by atoms with E-state index in [1.807, 2.05) is 0 Å². The van der Waals surface area contributed by atoms with Gasteiger partial charge in [0.15, 0.2) is 23.3 Å². The van der Waals surface area contributed by atoms with Crippen LogP contribution in [0.25, 0.3) is 0 Å². The molecule has 1 aromatic carbocycles. The van der Waals surface area contributed by atoms with Gasteiger partial charge in [0.25, 0.3) is 5.91 Å². The van der Waals surface area contributed by atoms with E-state index in [1.165, 1.54) is 5.32 Å². The van der Waals surface area contributed by atoms with E-state index in [0.29, 0.717) is 0 Å². The molecule has 1 amide bonds. The largest absolute Gasteiger partial charge is 0.422 e. The summed E-state index contributed by atoms with van der Waals surface area (Å²) in [6, 6.07) is 0. The number of aromatic nitrogens is 2. The lowest BCUT2D eigenvalue weighted by Crippen LogP contribution is -2.22. The van der Waals surface area contributed by atoms with Crippen molar-refractivity contribution < 1.29 is 35.5 Å². The number of hydrogen-bond acceptors (Lipinski definition) is 2. The molecule has 12 heteroatoms. The highest BCUT2D eigenvalue weighted by Gasteiger charge is 2.42. The third-order valence-electron chi connectivity index (χ3n) is 3.09. The Bertz CT molecular complexity index is 818. The van der Waals surface area contributed by atoms with Crippen LogP contribution in [0.1, 0.15) is 23.0 Å². The van der Waals surface area contributed by atoms with E-state index in [0.717, 1.165) is 10.9 Å². The molecule has 0 bridgehead atoms. The van der Waals surface area contributed by atoms with Gasteiger partial charge in [0, 0.05) is 6.54 Å². The first-order valence-electron chi connectivity index (χ1n) is 6.46. The number of halogens is 8. The molecular weight excluding hydrogens is 383 g/mol. The van der Waals surface area contributed by atoms with Gasteiger partial charge in [-0.1, -0.05) is 11.6 Å². The fourth-order valence-corrected chi connectivity index (χ4v) is 2.22. The molecule has 0 fully saturated rings. The Morgan fingerprint density at radius 2 is 1.68 bits per heavy atom. The Labute approximate surface area is 140 Å². The number of alkyl halides is 3. The molecule has 1 N–H and O–H groups in total. The van der Waals surface area contributed by atoms with Gasteiger partial charge in [-0.25, -0.2) is 17.6 Å². The zero-order valence-electron chi connectivity index (χ0n) is 12.1. The highest BCUT2D eigenvalue weighted by Crippen LogP contribution is 2.38. The van der Waals surface area contributed by atoms with E-state index in [2.05, 4.69) is 5.10 Å². The van der Waals surface area contributed by atoms with Crippen molar-refractivity contribution in [2.75, 3.05) is 5.32 Å². The van der Waals surface area contributed by atoms with Gasteiger partial charge in [0.05, 0.1) is 11.2 Å². The molecule has 136 valence electrons. The average Bonchev–Trinajstić information content (AvgIpc) is 2.89. The second-order valence-corrected chi connectivity index (χ2v) is 5.02. The Morgan fingerprint density at radius 1 is 1.16 bits per heavy atom. The zero-order chi connectivity index (χ0) is 19.1. The summed E-state index contributed by atoms with van der Waals surface area (Å²) in [5.74, 6) is -11.5. The van der Waals surface area contributed by atoms with Gasteiger partial charge >= 0.3 is 6.18 Å². The molecule has 0 radical (unpaired) electrons. The van der Waals surface area contributed by atoms with Crippen molar-refractivity contribution in [3.05, 3.63) is 45.7 Å². The van der Waals surface area contributed by atoms with Gasteiger partial charge in [-0.15, -0.1) is 0 Å². The number of aryl methyl sites for hydroxylation is 1. The monoisotopic (exact) mass is 389 g/mol. The average molecular weight is 390 g/mol. The van der Waals surface area contributed by atoms with Crippen LogP contribution >= 0.6 is 11.6 Å². The number of benzene rings is 1. The summed E-state index contributed by atoms with van der Waals surface area (Å²) in [4.78, 5) is 12.0. The molecule has 0 aliphatic carbocycles. The fourth-order valence-electron chi connectivity index (χ4n) is 1.99. The topological polar surface area (TPSA) is 46.9 Å². The Balaban J connectivity index is 2.55. The van der Waals surface area contributed by atoms with Crippen molar-refractivity contribution in [2.24, 2.45) is 0 Å². The number of rotatable bonds is 3. The summed E-state index contributed by atoms with van der Waals surface area (Å²) in [5, 5.41) is 4.90. The van der Waals surface area contributed by atoms with Crippen molar-refractivity contribution >= 4 is 23.2 Å². The lowest BCUT2D eigenvalue weighted by Gasteiger charge is -2.15. The fraction of sp³-hybridized carbons (Fsp3) is 0.231. The minimum absolute atomic E-state index is 0.107.